The second-order valence-corrected chi connectivity index (χ2v) is 6.03. The number of nitrogens with zero attached hydrogens (tertiary/aromatic N) is 1. The van der Waals surface area contributed by atoms with Crippen molar-refractivity contribution in [3.8, 4) is 5.88 Å². The van der Waals surface area contributed by atoms with Gasteiger partial charge in [0.1, 0.15) is 5.82 Å². The van der Waals surface area contributed by atoms with Crippen LogP contribution in [0.1, 0.15) is 0 Å². The monoisotopic (exact) mass is 350 g/mol. The highest BCUT2D eigenvalue weighted by molar-refractivity contribution is 7.92. The van der Waals surface area contributed by atoms with Crippen LogP contribution in [0.5, 0.6) is 5.88 Å². The first-order valence-corrected chi connectivity index (χ1v) is 7.58. The molecular formula is C13H10F4N2O3S. The summed E-state index contributed by atoms with van der Waals surface area (Å²) in [6.07, 6.45) is -3.51. The first-order chi connectivity index (χ1) is 10.7. The Labute approximate surface area is 129 Å². The van der Waals surface area contributed by atoms with Gasteiger partial charge < -0.3 is 4.74 Å². The number of alkyl halides is 3. The van der Waals surface area contributed by atoms with E-state index in [2.05, 4.69) is 14.4 Å². The molecule has 1 N–H and O–H groups in total. The molecule has 5 nitrogen and oxygen atoms in total. The van der Waals surface area contributed by atoms with E-state index in [-0.39, 0.29) is 16.5 Å². The number of rotatable bonds is 5. The van der Waals surface area contributed by atoms with E-state index in [9.17, 15) is 26.0 Å². The lowest BCUT2D eigenvalue weighted by Gasteiger charge is -2.10. The molecule has 0 saturated carbocycles. The van der Waals surface area contributed by atoms with Gasteiger partial charge in [0.25, 0.3) is 10.0 Å². The van der Waals surface area contributed by atoms with Crippen molar-refractivity contribution in [2.75, 3.05) is 11.3 Å². The highest BCUT2D eigenvalue weighted by Gasteiger charge is 2.28. The van der Waals surface area contributed by atoms with Gasteiger partial charge in [0, 0.05) is 6.07 Å². The van der Waals surface area contributed by atoms with Gasteiger partial charge in [-0.2, -0.15) is 13.2 Å². The molecule has 2 rings (SSSR count). The maximum absolute atomic E-state index is 13.1. The summed E-state index contributed by atoms with van der Waals surface area (Å²) in [6, 6.07) is 6.60. The van der Waals surface area contributed by atoms with Crippen molar-refractivity contribution in [1.82, 2.24) is 4.98 Å². The summed E-state index contributed by atoms with van der Waals surface area (Å²) in [4.78, 5) is 3.26. The minimum Gasteiger partial charge on any atom is -0.468 e. The van der Waals surface area contributed by atoms with Crippen molar-refractivity contribution in [1.29, 1.82) is 0 Å². The highest BCUT2D eigenvalue weighted by atomic mass is 32.2. The van der Waals surface area contributed by atoms with Crippen molar-refractivity contribution >= 4 is 15.7 Å². The van der Waals surface area contributed by atoms with E-state index in [0.29, 0.717) is 0 Å². The molecule has 1 aromatic heterocycles. The molecule has 0 aliphatic carbocycles. The summed E-state index contributed by atoms with van der Waals surface area (Å²) in [5, 5.41) is 0. The highest BCUT2D eigenvalue weighted by Crippen LogP contribution is 2.20. The molecule has 1 heterocycles. The first-order valence-electron chi connectivity index (χ1n) is 6.10. The molecule has 0 aliphatic heterocycles. The van der Waals surface area contributed by atoms with Crippen LogP contribution in [-0.2, 0) is 10.0 Å². The van der Waals surface area contributed by atoms with Crippen LogP contribution in [0.2, 0.25) is 0 Å². The van der Waals surface area contributed by atoms with Crippen LogP contribution in [0.25, 0.3) is 0 Å². The molecule has 0 amide bonds. The average molecular weight is 350 g/mol. The van der Waals surface area contributed by atoms with Gasteiger partial charge in [0.05, 0.1) is 16.8 Å². The number of nitrogens with one attached hydrogen (secondary N) is 1. The summed E-state index contributed by atoms with van der Waals surface area (Å²) in [6.45, 7) is -1.51. The lowest BCUT2D eigenvalue weighted by Crippen LogP contribution is -2.19. The van der Waals surface area contributed by atoms with E-state index in [4.69, 9.17) is 0 Å². The zero-order valence-electron chi connectivity index (χ0n) is 11.3. The Morgan fingerprint density at radius 1 is 1.17 bits per heavy atom. The number of benzene rings is 1. The molecule has 0 radical (unpaired) electrons. The number of hydrogen-bond donors (Lipinski definition) is 1. The van der Waals surface area contributed by atoms with Gasteiger partial charge in [-0.15, -0.1) is 0 Å². The number of hydrogen-bond acceptors (Lipinski definition) is 4. The van der Waals surface area contributed by atoms with Crippen LogP contribution in [0, 0.1) is 5.82 Å². The minimum atomic E-state index is -4.50. The lowest BCUT2D eigenvalue weighted by atomic mass is 10.4. The molecule has 0 unspecified atom stereocenters. The standard InChI is InChI=1S/C13H10F4N2O3S/c14-9-2-1-3-11(6-9)23(20,21)19-10-4-5-12(18-7-10)22-8-13(15,16)17/h1-7,19H,8H2. The summed E-state index contributed by atoms with van der Waals surface area (Å²) in [5.41, 5.74) is -0.00591. The lowest BCUT2D eigenvalue weighted by molar-refractivity contribution is -0.154. The fraction of sp³-hybridized carbons (Fsp3) is 0.154. The van der Waals surface area contributed by atoms with Crippen LogP contribution in [-0.4, -0.2) is 26.2 Å². The minimum absolute atomic E-state index is 0.00591. The van der Waals surface area contributed by atoms with Gasteiger partial charge in [0.2, 0.25) is 5.88 Å². The fourth-order valence-corrected chi connectivity index (χ4v) is 2.60. The van der Waals surface area contributed by atoms with E-state index in [1.54, 1.807) is 0 Å². The van der Waals surface area contributed by atoms with Crippen LogP contribution >= 0.6 is 0 Å². The smallest absolute Gasteiger partial charge is 0.422 e. The predicted octanol–water partition coefficient (Wildman–Crippen LogP) is 2.96. The Hall–Kier alpha value is -2.36. The largest absolute Gasteiger partial charge is 0.468 e. The molecule has 0 saturated heterocycles. The molecule has 10 heteroatoms. The number of pyridine rings is 1. The third-order valence-electron chi connectivity index (χ3n) is 2.48. The Morgan fingerprint density at radius 3 is 2.48 bits per heavy atom. The fourth-order valence-electron chi connectivity index (χ4n) is 1.53. The summed E-state index contributed by atoms with van der Waals surface area (Å²) >= 11 is 0. The van der Waals surface area contributed by atoms with Crippen molar-refractivity contribution in [2.45, 2.75) is 11.1 Å². The summed E-state index contributed by atoms with van der Waals surface area (Å²) in [7, 11) is -4.04. The second-order valence-electron chi connectivity index (χ2n) is 4.35. The number of anilines is 1. The van der Waals surface area contributed by atoms with Gasteiger partial charge in [-0.1, -0.05) is 6.07 Å². The van der Waals surface area contributed by atoms with E-state index >= 15 is 0 Å². The molecule has 0 aliphatic rings. The van der Waals surface area contributed by atoms with Crippen LogP contribution in [0.15, 0.2) is 47.5 Å². The Kier molecular flexibility index (Phi) is 4.73. The molecule has 0 spiro atoms. The second kappa shape index (κ2) is 6.41. The molecule has 1 aromatic carbocycles. The van der Waals surface area contributed by atoms with Crippen molar-refractivity contribution in [2.24, 2.45) is 0 Å². The van der Waals surface area contributed by atoms with E-state index in [1.165, 1.54) is 18.2 Å². The van der Waals surface area contributed by atoms with Gasteiger partial charge in [-0.25, -0.2) is 17.8 Å². The maximum atomic E-state index is 13.1. The van der Waals surface area contributed by atoms with Crippen molar-refractivity contribution in [3.05, 3.63) is 48.4 Å². The molecule has 0 fully saturated rings. The zero-order chi connectivity index (χ0) is 17.1. The van der Waals surface area contributed by atoms with Crippen LogP contribution < -0.4 is 9.46 Å². The van der Waals surface area contributed by atoms with E-state index < -0.39 is 28.6 Å². The molecule has 0 atom stereocenters. The van der Waals surface area contributed by atoms with Crippen molar-refractivity contribution in [3.63, 3.8) is 0 Å². The molecule has 2 aromatic rings. The Morgan fingerprint density at radius 2 is 1.91 bits per heavy atom. The van der Waals surface area contributed by atoms with E-state index in [1.807, 2.05) is 0 Å². The van der Waals surface area contributed by atoms with Crippen LogP contribution in [0.4, 0.5) is 23.2 Å². The third kappa shape index (κ3) is 5.09. The molecule has 0 bridgehead atoms. The Balaban J connectivity index is 2.08. The normalized spacial score (nSPS) is 12.0. The topological polar surface area (TPSA) is 68.3 Å². The third-order valence-corrected chi connectivity index (χ3v) is 3.86. The summed E-state index contributed by atoms with van der Waals surface area (Å²) in [5.74, 6) is -1.03. The van der Waals surface area contributed by atoms with Crippen molar-refractivity contribution < 1.29 is 30.7 Å². The maximum Gasteiger partial charge on any atom is 0.422 e. The molecule has 124 valence electrons. The predicted molar refractivity (Wildman–Crippen MR) is 73.0 cm³/mol. The van der Waals surface area contributed by atoms with Gasteiger partial charge in [-0.05, 0) is 24.3 Å². The SMILES string of the molecule is O=S(=O)(Nc1ccc(OCC(F)(F)F)nc1)c1cccc(F)c1. The average Bonchev–Trinajstić information content (AvgIpc) is 2.45. The Bertz CT molecular complexity index is 777. The zero-order valence-corrected chi connectivity index (χ0v) is 12.2. The number of halogens is 4. The first kappa shape index (κ1) is 17.0. The molecule has 23 heavy (non-hydrogen) atoms. The number of aromatic nitrogens is 1. The van der Waals surface area contributed by atoms with Gasteiger partial charge >= 0.3 is 6.18 Å². The number of sulfonamides is 1. The van der Waals surface area contributed by atoms with Gasteiger partial charge in [0.15, 0.2) is 6.61 Å². The van der Waals surface area contributed by atoms with Gasteiger partial charge in [-0.3, -0.25) is 4.72 Å². The summed E-state index contributed by atoms with van der Waals surface area (Å²) < 4.78 is 79.6. The van der Waals surface area contributed by atoms with Crippen LogP contribution in [0.3, 0.4) is 0 Å². The number of ether oxygens (including phenoxy) is 1. The molecular weight excluding hydrogens is 340 g/mol. The quantitative estimate of drug-likeness (QED) is 0.842. The van der Waals surface area contributed by atoms with E-state index in [0.717, 1.165) is 24.4 Å².